The van der Waals surface area contributed by atoms with Crippen molar-refractivity contribution in [1.29, 1.82) is 0 Å². The predicted octanol–water partition coefficient (Wildman–Crippen LogP) is 0.431. The van der Waals surface area contributed by atoms with Gasteiger partial charge in [0, 0.05) is 31.5 Å². The molecule has 0 spiro atoms. The van der Waals surface area contributed by atoms with Gasteiger partial charge in [-0.2, -0.15) is 0 Å². The largest absolute Gasteiger partial charge is 0.337 e. The maximum absolute atomic E-state index is 11.5. The van der Waals surface area contributed by atoms with Crippen molar-refractivity contribution < 1.29 is 4.79 Å². The molecule has 3 rings (SSSR count). The second-order valence-corrected chi connectivity index (χ2v) is 5.02. The van der Waals surface area contributed by atoms with Gasteiger partial charge in [0.05, 0.1) is 12.2 Å². The van der Waals surface area contributed by atoms with E-state index in [1.165, 1.54) is 5.56 Å². The van der Waals surface area contributed by atoms with Gasteiger partial charge in [0.25, 0.3) is 0 Å². The highest BCUT2D eigenvalue weighted by Crippen LogP contribution is 2.21. The molecule has 0 saturated heterocycles. The molecule has 0 radical (unpaired) electrons. The number of aromatic nitrogens is 3. The second kappa shape index (κ2) is 5.13. The Balaban J connectivity index is 2.01. The number of carbonyl (C=O) groups excluding carboxylic acids is 1. The van der Waals surface area contributed by atoms with Crippen molar-refractivity contribution in [2.24, 2.45) is 5.73 Å². The summed E-state index contributed by atoms with van der Waals surface area (Å²) in [5.41, 5.74) is 8.34. The number of carbonyl (C=O) groups is 1. The summed E-state index contributed by atoms with van der Waals surface area (Å²) in [6.07, 6.45) is 3.29. The van der Waals surface area contributed by atoms with Crippen molar-refractivity contribution in [2.45, 2.75) is 26.3 Å². The van der Waals surface area contributed by atoms with Crippen LogP contribution < -0.4 is 5.73 Å². The number of pyridine rings is 1. The summed E-state index contributed by atoms with van der Waals surface area (Å²) < 4.78 is 0. The molecule has 0 unspecified atom stereocenters. The third-order valence-electron chi connectivity index (χ3n) is 3.59. The quantitative estimate of drug-likeness (QED) is 0.856. The van der Waals surface area contributed by atoms with Crippen LogP contribution in [-0.2, 0) is 24.2 Å². The average Bonchev–Trinajstić information content (AvgIpc) is 2.44. The van der Waals surface area contributed by atoms with Crippen LogP contribution in [-0.4, -0.2) is 38.8 Å². The summed E-state index contributed by atoms with van der Waals surface area (Å²) in [5, 5.41) is 0.945. The normalized spacial score (nSPS) is 14.4. The van der Waals surface area contributed by atoms with Crippen molar-refractivity contribution >= 4 is 16.9 Å². The second-order valence-electron chi connectivity index (χ2n) is 5.02. The first-order chi connectivity index (χ1) is 9.67. The Hall–Kier alpha value is -2.08. The predicted molar refractivity (Wildman–Crippen MR) is 74.9 cm³/mol. The topological polar surface area (TPSA) is 85.0 Å². The lowest BCUT2D eigenvalue weighted by Gasteiger charge is -2.27. The number of hydrogen-bond donors (Lipinski definition) is 1. The van der Waals surface area contributed by atoms with Crippen molar-refractivity contribution in [3.63, 3.8) is 0 Å². The standard InChI is InChI=1S/C14H17N5O/c1-9(20)19-5-3-10-6-11-7-16-13(2-4-15)18-14(11)17-12(10)8-19/h6-7H,2-5,8,15H2,1H3. The van der Waals surface area contributed by atoms with E-state index in [4.69, 9.17) is 5.73 Å². The first kappa shape index (κ1) is 12.9. The van der Waals surface area contributed by atoms with E-state index in [1.54, 1.807) is 13.1 Å². The number of fused-ring (bicyclic) bond motifs is 2. The van der Waals surface area contributed by atoms with Crippen LogP contribution in [0.15, 0.2) is 12.3 Å². The van der Waals surface area contributed by atoms with E-state index in [-0.39, 0.29) is 5.91 Å². The Bertz CT molecular complexity index is 670. The van der Waals surface area contributed by atoms with Gasteiger partial charge < -0.3 is 10.6 Å². The minimum atomic E-state index is 0.0871. The number of hydrogen-bond acceptors (Lipinski definition) is 5. The van der Waals surface area contributed by atoms with Gasteiger partial charge in [0.2, 0.25) is 5.91 Å². The zero-order valence-electron chi connectivity index (χ0n) is 11.5. The van der Waals surface area contributed by atoms with Gasteiger partial charge in [-0.05, 0) is 24.6 Å². The molecule has 3 heterocycles. The number of nitrogens with two attached hydrogens (primary N) is 1. The Morgan fingerprint density at radius 3 is 3.05 bits per heavy atom. The molecule has 0 fully saturated rings. The van der Waals surface area contributed by atoms with Crippen LogP contribution in [0.4, 0.5) is 0 Å². The minimum Gasteiger partial charge on any atom is -0.337 e. The third kappa shape index (κ3) is 2.34. The first-order valence-electron chi connectivity index (χ1n) is 6.77. The van der Waals surface area contributed by atoms with Gasteiger partial charge >= 0.3 is 0 Å². The SMILES string of the molecule is CC(=O)N1CCc2cc3cnc(CCN)nc3nc2C1. The molecule has 104 valence electrons. The summed E-state index contributed by atoms with van der Waals surface area (Å²) >= 11 is 0. The van der Waals surface area contributed by atoms with Crippen LogP contribution in [0, 0.1) is 0 Å². The highest BCUT2D eigenvalue weighted by Gasteiger charge is 2.20. The van der Waals surface area contributed by atoms with Gasteiger partial charge in [-0.1, -0.05) is 0 Å². The van der Waals surface area contributed by atoms with Crippen molar-refractivity contribution in [1.82, 2.24) is 19.9 Å². The number of nitrogens with zero attached hydrogens (tertiary/aromatic N) is 4. The molecule has 6 nitrogen and oxygen atoms in total. The van der Waals surface area contributed by atoms with Crippen molar-refractivity contribution in [2.75, 3.05) is 13.1 Å². The van der Waals surface area contributed by atoms with Crippen LogP contribution in [0.1, 0.15) is 24.0 Å². The van der Waals surface area contributed by atoms with Gasteiger partial charge in [-0.3, -0.25) is 4.79 Å². The first-order valence-corrected chi connectivity index (χ1v) is 6.77. The van der Waals surface area contributed by atoms with Crippen molar-refractivity contribution in [3.05, 3.63) is 29.3 Å². The monoisotopic (exact) mass is 271 g/mol. The zero-order chi connectivity index (χ0) is 14.1. The highest BCUT2D eigenvalue weighted by atomic mass is 16.2. The molecule has 1 aliphatic rings. The summed E-state index contributed by atoms with van der Waals surface area (Å²) in [6.45, 7) is 3.43. The minimum absolute atomic E-state index is 0.0871. The molecular formula is C14H17N5O. The Kier molecular flexibility index (Phi) is 3.31. The van der Waals surface area contributed by atoms with Crippen molar-refractivity contribution in [3.8, 4) is 0 Å². The molecule has 1 aliphatic heterocycles. The summed E-state index contributed by atoms with van der Waals surface area (Å²) in [6, 6.07) is 2.08. The van der Waals surface area contributed by atoms with Crippen LogP contribution in [0.2, 0.25) is 0 Å². The summed E-state index contributed by atoms with van der Waals surface area (Å²) in [7, 11) is 0. The van der Waals surface area contributed by atoms with E-state index in [2.05, 4.69) is 21.0 Å². The molecule has 2 N–H and O–H groups in total. The molecular weight excluding hydrogens is 254 g/mol. The molecule has 0 saturated carbocycles. The molecule has 6 heteroatoms. The maximum atomic E-state index is 11.5. The van der Waals surface area contributed by atoms with E-state index < -0.39 is 0 Å². The lowest BCUT2D eigenvalue weighted by atomic mass is 10.0. The fourth-order valence-corrected chi connectivity index (χ4v) is 2.47. The zero-order valence-corrected chi connectivity index (χ0v) is 11.5. The highest BCUT2D eigenvalue weighted by molar-refractivity contribution is 5.76. The maximum Gasteiger partial charge on any atom is 0.219 e. The van der Waals surface area contributed by atoms with E-state index in [0.29, 0.717) is 31.0 Å². The fraction of sp³-hybridized carbons (Fsp3) is 0.429. The molecule has 2 aromatic rings. The third-order valence-corrected chi connectivity index (χ3v) is 3.59. The molecule has 0 aliphatic carbocycles. The Labute approximate surface area is 117 Å². The molecule has 20 heavy (non-hydrogen) atoms. The molecule has 0 atom stereocenters. The van der Waals surface area contributed by atoms with E-state index in [1.807, 2.05) is 4.90 Å². The number of amides is 1. The van der Waals surface area contributed by atoms with Crippen LogP contribution in [0.25, 0.3) is 11.0 Å². The average molecular weight is 271 g/mol. The van der Waals surface area contributed by atoms with Crippen LogP contribution >= 0.6 is 0 Å². The van der Waals surface area contributed by atoms with E-state index in [0.717, 1.165) is 24.0 Å². The van der Waals surface area contributed by atoms with E-state index in [9.17, 15) is 4.79 Å². The lowest BCUT2D eigenvalue weighted by molar-refractivity contribution is -0.129. The lowest BCUT2D eigenvalue weighted by Crippen LogP contribution is -2.34. The van der Waals surface area contributed by atoms with Gasteiger partial charge in [0.1, 0.15) is 5.82 Å². The Morgan fingerprint density at radius 2 is 2.30 bits per heavy atom. The van der Waals surface area contributed by atoms with Gasteiger partial charge in [-0.15, -0.1) is 0 Å². The molecule has 0 bridgehead atoms. The molecule has 0 aromatic carbocycles. The van der Waals surface area contributed by atoms with Gasteiger partial charge in [-0.25, -0.2) is 15.0 Å². The van der Waals surface area contributed by atoms with Crippen LogP contribution in [0.3, 0.4) is 0 Å². The van der Waals surface area contributed by atoms with Gasteiger partial charge in [0.15, 0.2) is 5.65 Å². The fourth-order valence-electron chi connectivity index (χ4n) is 2.47. The summed E-state index contributed by atoms with van der Waals surface area (Å²) in [4.78, 5) is 26.6. The number of rotatable bonds is 2. The van der Waals surface area contributed by atoms with E-state index >= 15 is 0 Å². The molecule has 2 aromatic heterocycles. The summed E-state index contributed by atoms with van der Waals surface area (Å²) in [5.74, 6) is 0.802. The smallest absolute Gasteiger partial charge is 0.219 e. The van der Waals surface area contributed by atoms with Crippen LogP contribution in [0.5, 0.6) is 0 Å². The Morgan fingerprint density at radius 1 is 1.45 bits per heavy atom. The molecule has 1 amide bonds.